The largest absolute Gasteiger partial charge is 0.207 e. The number of rotatable bonds is 3. The predicted octanol–water partition coefficient (Wildman–Crippen LogP) is 5.42. The van der Waals surface area contributed by atoms with Crippen molar-refractivity contribution in [2.75, 3.05) is 0 Å². The smallest absolute Gasteiger partial charge is 0.128 e. The molecule has 0 aliphatic heterocycles. The molecule has 0 aromatic heterocycles. The Balaban J connectivity index is 2.13. The summed E-state index contributed by atoms with van der Waals surface area (Å²) in [4.78, 5) is 0.997. The van der Waals surface area contributed by atoms with Crippen LogP contribution in [0.2, 0.25) is 10.0 Å². The average Bonchev–Trinajstić information content (AvgIpc) is 2.28. The first kappa shape index (κ1) is 12.7. The van der Waals surface area contributed by atoms with Gasteiger partial charge in [-0.1, -0.05) is 35.3 Å². The minimum atomic E-state index is -0.271. The SMILES string of the molecule is Fc1cccc(Cl)c1CSc1cccc(Cl)c1. The van der Waals surface area contributed by atoms with Gasteiger partial charge in [0.15, 0.2) is 0 Å². The monoisotopic (exact) mass is 286 g/mol. The van der Waals surface area contributed by atoms with Gasteiger partial charge in [0, 0.05) is 26.3 Å². The Bertz CT molecular complexity index is 508. The van der Waals surface area contributed by atoms with E-state index in [2.05, 4.69) is 0 Å². The van der Waals surface area contributed by atoms with E-state index in [9.17, 15) is 4.39 Å². The molecule has 0 spiro atoms. The highest BCUT2D eigenvalue weighted by Crippen LogP contribution is 2.29. The Hall–Kier alpha value is -0.700. The first-order valence-electron chi connectivity index (χ1n) is 4.98. The highest BCUT2D eigenvalue weighted by atomic mass is 35.5. The van der Waals surface area contributed by atoms with Gasteiger partial charge >= 0.3 is 0 Å². The van der Waals surface area contributed by atoms with Crippen molar-refractivity contribution in [3.8, 4) is 0 Å². The first-order valence-corrected chi connectivity index (χ1v) is 6.72. The maximum absolute atomic E-state index is 13.5. The van der Waals surface area contributed by atoms with E-state index < -0.39 is 0 Å². The molecule has 0 nitrogen and oxygen atoms in total. The lowest BCUT2D eigenvalue weighted by Crippen LogP contribution is -1.88. The summed E-state index contributed by atoms with van der Waals surface area (Å²) < 4.78 is 13.5. The van der Waals surface area contributed by atoms with Crippen molar-refractivity contribution < 1.29 is 4.39 Å². The van der Waals surface area contributed by atoms with Crippen molar-refractivity contribution in [3.63, 3.8) is 0 Å². The molecule has 0 N–H and O–H groups in total. The highest BCUT2D eigenvalue weighted by molar-refractivity contribution is 7.98. The van der Waals surface area contributed by atoms with Crippen LogP contribution < -0.4 is 0 Å². The van der Waals surface area contributed by atoms with Crippen molar-refractivity contribution in [2.45, 2.75) is 10.6 Å². The fourth-order valence-electron chi connectivity index (χ4n) is 1.38. The van der Waals surface area contributed by atoms with Crippen LogP contribution in [-0.2, 0) is 5.75 Å². The van der Waals surface area contributed by atoms with Gasteiger partial charge in [0.1, 0.15) is 5.82 Å². The van der Waals surface area contributed by atoms with Gasteiger partial charge in [-0.3, -0.25) is 0 Å². The minimum Gasteiger partial charge on any atom is -0.207 e. The van der Waals surface area contributed by atoms with Gasteiger partial charge in [-0.05, 0) is 30.3 Å². The fourth-order valence-corrected chi connectivity index (χ4v) is 2.94. The van der Waals surface area contributed by atoms with Crippen molar-refractivity contribution in [1.29, 1.82) is 0 Å². The molecule has 0 saturated heterocycles. The summed E-state index contributed by atoms with van der Waals surface area (Å²) in [6, 6.07) is 12.2. The summed E-state index contributed by atoms with van der Waals surface area (Å²) in [6.45, 7) is 0. The molecule has 0 saturated carbocycles. The summed E-state index contributed by atoms with van der Waals surface area (Å²) >= 11 is 13.3. The van der Waals surface area contributed by atoms with Crippen molar-refractivity contribution >= 4 is 35.0 Å². The second-order valence-corrected chi connectivity index (χ2v) is 5.34. The molecule has 2 aromatic rings. The Morgan fingerprint density at radius 3 is 2.53 bits per heavy atom. The second kappa shape index (κ2) is 5.76. The van der Waals surface area contributed by atoms with Crippen molar-refractivity contribution in [2.24, 2.45) is 0 Å². The van der Waals surface area contributed by atoms with Gasteiger partial charge in [0.25, 0.3) is 0 Å². The third kappa shape index (κ3) is 3.38. The number of halogens is 3. The molecular formula is C13H9Cl2FS. The van der Waals surface area contributed by atoms with Crippen LogP contribution in [0.5, 0.6) is 0 Å². The van der Waals surface area contributed by atoms with E-state index in [0.29, 0.717) is 21.4 Å². The van der Waals surface area contributed by atoms with E-state index in [1.165, 1.54) is 17.8 Å². The molecule has 0 aliphatic carbocycles. The minimum absolute atomic E-state index is 0.271. The molecule has 4 heteroatoms. The van der Waals surface area contributed by atoms with Crippen LogP contribution in [0.15, 0.2) is 47.4 Å². The Kier molecular flexibility index (Phi) is 4.32. The number of hydrogen-bond acceptors (Lipinski definition) is 1. The van der Waals surface area contributed by atoms with Crippen LogP contribution >= 0.6 is 35.0 Å². The molecule has 2 aromatic carbocycles. The van der Waals surface area contributed by atoms with Crippen LogP contribution in [-0.4, -0.2) is 0 Å². The molecule has 0 aliphatic rings. The second-order valence-electron chi connectivity index (χ2n) is 3.45. The Morgan fingerprint density at radius 2 is 1.82 bits per heavy atom. The van der Waals surface area contributed by atoms with E-state index in [-0.39, 0.29) is 5.82 Å². The molecule has 0 heterocycles. The highest BCUT2D eigenvalue weighted by Gasteiger charge is 2.07. The quantitative estimate of drug-likeness (QED) is 0.679. The number of benzene rings is 2. The zero-order valence-corrected chi connectivity index (χ0v) is 11.1. The molecule has 0 fully saturated rings. The van der Waals surface area contributed by atoms with E-state index in [1.807, 2.05) is 24.3 Å². The maximum Gasteiger partial charge on any atom is 0.128 e. The van der Waals surface area contributed by atoms with Gasteiger partial charge in [-0.25, -0.2) is 4.39 Å². The zero-order chi connectivity index (χ0) is 12.3. The lowest BCUT2D eigenvalue weighted by atomic mass is 10.2. The van der Waals surface area contributed by atoms with Crippen LogP contribution in [0.1, 0.15) is 5.56 Å². The lowest BCUT2D eigenvalue weighted by Gasteiger charge is -2.05. The molecule has 0 atom stereocenters. The molecule has 0 bridgehead atoms. The lowest BCUT2D eigenvalue weighted by molar-refractivity contribution is 0.617. The van der Waals surface area contributed by atoms with Crippen LogP contribution in [0.25, 0.3) is 0 Å². The molecule has 88 valence electrons. The Morgan fingerprint density at radius 1 is 1.06 bits per heavy atom. The standard InChI is InChI=1S/C13H9Cl2FS/c14-9-3-1-4-10(7-9)17-8-11-12(15)5-2-6-13(11)16/h1-7H,8H2. The summed E-state index contributed by atoms with van der Waals surface area (Å²) in [5, 5.41) is 1.13. The van der Waals surface area contributed by atoms with E-state index in [1.54, 1.807) is 12.1 Å². The van der Waals surface area contributed by atoms with Crippen LogP contribution in [0.4, 0.5) is 4.39 Å². The maximum atomic E-state index is 13.5. The van der Waals surface area contributed by atoms with Gasteiger partial charge < -0.3 is 0 Å². The summed E-state index contributed by atoms with van der Waals surface area (Å²) in [5.74, 6) is 0.221. The van der Waals surface area contributed by atoms with Crippen LogP contribution in [0.3, 0.4) is 0 Å². The third-order valence-corrected chi connectivity index (χ3v) is 3.85. The number of hydrogen-bond donors (Lipinski definition) is 0. The average molecular weight is 287 g/mol. The molecule has 0 amide bonds. The summed E-state index contributed by atoms with van der Waals surface area (Å²) in [7, 11) is 0. The van der Waals surface area contributed by atoms with Gasteiger partial charge in [0.05, 0.1) is 0 Å². The molecule has 2 rings (SSSR count). The van der Waals surface area contributed by atoms with Gasteiger partial charge in [0.2, 0.25) is 0 Å². The molecular weight excluding hydrogens is 278 g/mol. The fraction of sp³-hybridized carbons (Fsp3) is 0.0769. The summed E-state index contributed by atoms with van der Waals surface area (Å²) in [6.07, 6.45) is 0. The van der Waals surface area contributed by atoms with Crippen LogP contribution in [0, 0.1) is 5.82 Å². The van der Waals surface area contributed by atoms with E-state index in [4.69, 9.17) is 23.2 Å². The Labute approximate surface area is 114 Å². The van der Waals surface area contributed by atoms with Crippen molar-refractivity contribution in [3.05, 3.63) is 63.9 Å². The van der Waals surface area contributed by atoms with E-state index >= 15 is 0 Å². The normalized spacial score (nSPS) is 10.5. The van der Waals surface area contributed by atoms with Gasteiger partial charge in [-0.2, -0.15) is 0 Å². The molecule has 0 unspecified atom stereocenters. The molecule has 17 heavy (non-hydrogen) atoms. The van der Waals surface area contributed by atoms with Gasteiger partial charge in [-0.15, -0.1) is 11.8 Å². The zero-order valence-electron chi connectivity index (χ0n) is 8.79. The molecule has 0 radical (unpaired) electrons. The summed E-state index contributed by atoms with van der Waals surface area (Å²) in [5.41, 5.74) is 0.527. The number of thioether (sulfide) groups is 1. The topological polar surface area (TPSA) is 0 Å². The third-order valence-electron chi connectivity index (χ3n) is 2.24. The van der Waals surface area contributed by atoms with E-state index in [0.717, 1.165) is 4.90 Å². The van der Waals surface area contributed by atoms with Crippen molar-refractivity contribution in [1.82, 2.24) is 0 Å². The first-order chi connectivity index (χ1) is 8.16. The predicted molar refractivity (Wildman–Crippen MR) is 72.4 cm³/mol.